The van der Waals surface area contributed by atoms with Gasteiger partial charge in [-0.3, -0.25) is 4.79 Å². The highest BCUT2D eigenvalue weighted by Crippen LogP contribution is 2.24. The first kappa shape index (κ1) is 13.5. The molecule has 0 aliphatic carbocycles. The van der Waals surface area contributed by atoms with Gasteiger partial charge in [0.05, 0.1) is 12.1 Å². The molecule has 0 spiro atoms. The van der Waals surface area contributed by atoms with Crippen molar-refractivity contribution in [3.05, 3.63) is 58.3 Å². The Morgan fingerprint density at radius 3 is 2.53 bits per heavy atom. The van der Waals surface area contributed by atoms with Gasteiger partial charge in [0.15, 0.2) is 0 Å². The zero-order chi connectivity index (χ0) is 13.8. The average Bonchev–Trinajstić information content (AvgIpc) is 2.36. The molecule has 0 unspecified atom stereocenters. The summed E-state index contributed by atoms with van der Waals surface area (Å²) < 4.78 is 13.5. The van der Waals surface area contributed by atoms with Crippen LogP contribution in [0.2, 0.25) is 0 Å². The Balaban J connectivity index is 2.03. The van der Waals surface area contributed by atoms with Crippen LogP contribution in [0, 0.1) is 5.82 Å². The van der Waals surface area contributed by atoms with Crippen molar-refractivity contribution in [2.75, 3.05) is 11.1 Å². The molecule has 3 N–H and O–H groups in total. The van der Waals surface area contributed by atoms with Crippen LogP contribution in [-0.2, 0) is 11.2 Å². The number of anilines is 2. The molecule has 2 aromatic rings. The van der Waals surface area contributed by atoms with Gasteiger partial charge in [-0.05, 0) is 51.8 Å². The van der Waals surface area contributed by atoms with Crippen LogP contribution in [0.1, 0.15) is 5.56 Å². The molecule has 0 aliphatic heterocycles. The minimum Gasteiger partial charge on any atom is -0.399 e. The topological polar surface area (TPSA) is 55.1 Å². The zero-order valence-corrected chi connectivity index (χ0v) is 11.6. The largest absolute Gasteiger partial charge is 0.399 e. The van der Waals surface area contributed by atoms with Crippen molar-refractivity contribution >= 4 is 33.2 Å². The summed E-state index contributed by atoms with van der Waals surface area (Å²) in [4.78, 5) is 11.8. The maximum Gasteiger partial charge on any atom is 0.228 e. The van der Waals surface area contributed by atoms with Gasteiger partial charge in [0.25, 0.3) is 0 Å². The molecule has 5 heteroatoms. The fraction of sp³-hybridized carbons (Fsp3) is 0.0714. The van der Waals surface area contributed by atoms with Crippen molar-refractivity contribution < 1.29 is 9.18 Å². The maximum absolute atomic E-state index is 12.7. The number of halogens is 2. The van der Waals surface area contributed by atoms with E-state index in [1.54, 1.807) is 30.3 Å². The zero-order valence-electron chi connectivity index (χ0n) is 9.99. The van der Waals surface area contributed by atoms with Crippen LogP contribution >= 0.6 is 15.9 Å². The molecule has 1 amide bonds. The van der Waals surface area contributed by atoms with E-state index in [1.165, 1.54) is 12.1 Å². The third-order valence-electron chi connectivity index (χ3n) is 2.55. The number of carbonyl (C=O) groups excluding carboxylic acids is 1. The second kappa shape index (κ2) is 5.84. The highest BCUT2D eigenvalue weighted by atomic mass is 79.9. The highest BCUT2D eigenvalue weighted by molar-refractivity contribution is 9.10. The van der Waals surface area contributed by atoms with Crippen molar-refractivity contribution in [2.45, 2.75) is 6.42 Å². The molecule has 19 heavy (non-hydrogen) atoms. The average molecular weight is 323 g/mol. The summed E-state index contributed by atoms with van der Waals surface area (Å²) in [5.74, 6) is -0.484. The summed E-state index contributed by atoms with van der Waals surface area (Å²) in [6.45, 7) is 0. The van der Waals surface area contributed by atoms with E-state index in [1.807, 2.05) is 0 Å². The first-order valence-corrected chi connectivity index (χ1v) is 6.43. The van der Waals surface area contributed by atoms with Crippen molar-refractivity contribution in [3.8, 4) is 0 Å². The van der Waals surface area contributed by atoms with E-state index in [-0.39, 0.29) is 18.1 Å². The third kappa shape index (κ3) is 3.79. The Morgan fingerprint density at radius 1 is 1.21 bits per heavy atom. The van der Waals surface area contributed by atoms with Crippen molar-refractivity contribution in [2.24, 2.45) is 0 Å². The summed E-state index contributed by atoms with van der Waals surface area (Å²) in [5.41, 5.74) is 7.64. The number of nitrogens with two attached hydrogens (primary N) is 1. The van der Waals surface area contributed by atoms with E-state index in [9.17, 15) is 9.18 Å². The van der Waals surface area contributed by atoms with Gasteiger partial charge < -0.3 is 11.1 Å². The summed E-state index contributed by atoms with van der Waals surface area (Å²) in [5, 5.41) is 2.77. The molecule has 0 heterocycles. The smallest absolute Gasteiger partial charge is 0.228 e. The van der Waals surface area contributed by atoms with Gasteiger partial charge in [-0.15, -0.1) is 0 Å². The van der Waals surface area contributed by atoms with Gasteiger partial charge in [-0.25, -0.2) is 4.39 Å². The minimum atomic E-state index is -0.314. The fourth-order valence-electron chi connectivity index (χ4n) is 1.61. The molecule has 0 fully saturated rings. The molecule has 0 radical (unpaired) electrons. The molecule has 0 bridgehead atoms. The predicted molar refractivity (Wildman–Crippen MR) is 77.3 cm³/mol. The Morgan fingerprint density at radius 2 is 1.89 bits per heavy atom. The first-order valence-electron chi connectivity index (χ1n) is 5.64. The molecule has 2 rings (SSSR count). The molecule has 0 saturated carbocycles. The molecule has 98 valence electrons. The van der Waals surface area contributed by atoms with Gasteiger partial charge in [-0.2, -0.15) is 0 Å². The number of rotatable bonds is 3. The van der Waals surface area contributed by atoms with Crippen LogP contribution in [0.3, 0.4) is 0 Å². The SMILES string of the molecule is Nc1ccc(NC(=O)Cc2ccc(F)cc2)c(Br)c1. The van der Waals surface area contributed by atoms with Crippen LogP contribution < -0.4 is 11.1 Å². The second-order valence-electron chi connectivity index (χ2n) is 4.09. The van der Waals surface area contributed by atoms with Crippen molar-refractivity contribution in [3.63, 3.8) is 0 Å². The van der Waals surface area contributed by atoms with Crippen LogP contribution in [-0.4, -0.2) is 5.91 Å². The summed E-state index contributed by atoms with van der Waals surface area (Å²) in [7, 11) is 0. The van der Waals surface area contributed by atoms with Gasteiger partial charge in [0.2, 0.25) is 5.91 Å². The number of carbonyl (C=O) groups is 1. The molecule has 3 nitrogen and oxygen atoms in total. The van der Waals surface area contributed by atoms with Crippen LogP contribution in [0.15, 0.2) is 46.9 Å². The Bertz CT molecular complexity index is 599. The van der Waals surface area contributed by atoms with E-state index >= 15 is 0 Å². The number of hydrogen-bond donors (Lipinski definition) is 2. The molecular weight excluding hydrogens is 311 g/mol. The van der Waals surface area contributed by atoms with Gasteiger partial charge >= 0.3 is 0 Å². The number of nitrogen functional groups attached to an aromatic ring is 1. The lowest BCUT2D eigenvalue weighted by Gasteiger charge is -2.08. The Kier molecular flexibility index (Phi) is 4.16. The van der Waals surface area contributed by atoms with Gasteiger partial charge in [-0.1, -0.05) is 12.1 Å². The third-order valence-corrected chi connectivity index (χ3v) is 3.20. The second-order valence-corrected chi connectivity index (χ2v) is 4.95. The van der Waals surface area contributed by atoms with E-state index in [0.717, 1.165) is 10.0 Å². The lowest BCUT2D eigenvalue weighted by Crippen LogP contribution is -2.14. The van der Waals surface area contributed by atoms with Crippen molar-refractivity contribution in [1.29, 1.82) is 0 Å². The monoisotopic (exact) mass is 322 g/mol. The summed E-state index contributed by atoms with van der Waals surface area (Å²) >= 11 is 3.33. The number of nitrogens with one attached hydrogen (secondary N) is 1. The van der Waals surface area contributed by atoms with E-state index < -0.39 is 0 Å². The molecule has 0 aliphatic rings. The van der Waals surface area contributed by atoms with Crippen LogP contribution in [0.4, 0.5) is 15.8 Å². The fourth-order valence-corrected chi connectivity index (χ4v) is 2.11. The molecule has 0 aromatic heterocycles. The standard InChI is InChI=1S/C14H12BrFN2O/c15-12-8-11(17)5-6-13(12)18-14(19)7-9-1-3-10(16)4-2-9/h1-6,8H,7,17H2,(H,18,19). The quantitative estimate of drug-likeness (QED) is 0.851. The van der Waals surface area contributed by atoms with E-state index in [2.05, 4.69) is 21.2 Å². The first-order chi connectivity index (χ1) is 9.04. The lowest BCUT2D eigenvalue weighted by molar-refractivity contribution is -0.115. The molecule has 0 saturated heterocycles. The predicted octanol–water partition coefficient (Wildman–Crippen LogP) is 3.35. The van der Waals surface area contributed by atoms with Crippen molar-refractivity contribution in [1.82, 2.24) is 0 Å². The Hall–Kier alpha value is -1.88. The molecular formula is C14H12BrFN2O. The van der Waals surface area contributed by atoms with Crippen LogP contribution in [0.5, 0.6) is 0 Å². The number of amides is 1. The minimum absolute atomic E-state index is 0.169. The normalized spacial score (nSPS) is 10.2. The highest BCUT2D eigenvalue weighted by Gasteiger charge is 2.07. The number of benzene rings is 2. The Labute approximate surface area is 118 Å². The number of hydrogen-bond acceptors (Lipinski definition) is 2. The summed E-state index contributed by atoms with van der Waals surface area (Å²) in [6.07, 6.45) is 0.192. The van der Waals surface area contributed by atoms with E-state index in [4.69, 9.17) is 5.73 Å². The van der Waals surface area contributed by atoms with E-state index in [0.29, 0.717) is 11.4 Å². The van der Waals surface area contributed by atoms with Gasteiger partial charge in [0, 0.05) is 10.2 Å². The molecule has 2 aromatic carbocycles. The van der Waals surface area contributed by atoms with Gasteiger partial charge in [0.1, 0.15) is 5.82 Å². The maximum atomic E-state index is 12.7. The van der Waals surface area contributed by atoms with Crippen LogP contribution in [0.25, 0.3) is 0 Å². The molecule has 0 atom stereocenters. The lowest BCUT2D eigenvalue weighted by atomic mass is 10.1. The summed E-state index contributed by atoms with van der Waals surface area (Å²) in [6, 6.07) is 11.0.